The van der Waals surface area contributed by atoms with Crippen LogP contribution in [0.5, 0.6) is 0 Å². The summed E-state index contributed by atoms with van der Waals surface area (Å²) in [5, 5.41) is 13.9. The summed E-state index contributed by atoms with van der Waals surface area (Å²) in [6.07, 6.45) is 1.71. The number of nitrogens with zero attached hydrogens (tertiary/aromatic N) is 5. The van der Waals surface area contributed by atoms with Crippen LogP contribution < -0.4 is 4.90 Å². The number of hydrogen-bond acceptors (Lipinski definition) is 4. The second-order valence-electron chi connectivity index (χ2n) is 5.74. The molecule has 0 radical (unpaired) electrons. The van der Waals surface area contributed by atoms with Gasteiger partial charge >= 0.3 is 0 Å². The van der Waals surface area contributed by atoms with Gasteiger partial charge in [0, 0.05) is 31.0 Å². The van der Waals surface area contributed by atoms with Crippen LogP contribution >= 0.6 is 0 Å². The molecule has 0 bridgehead atoms. The van der Waals surface area contributed by atoms with E-state index in [9.17, 15) is 5.26 Å². The van der Waals surface area contributed by atoms with E-state index in [0.29, 0.717) is 17.9 Å². The summed E-state index contributed by atoms with van der Waals surface area (Å²) in [6.45, 7) is 4.73. The smallest absolute Gasteiger partial charge is 0.146 e. The topological polar surface area (TPSA) is 57.7 Å². The third kappa shape index (κ3) is 2.86. The first-order valence-electron chi connectivity index (χ1n) is 7.78. The van der Waals surface area contributed by atoms with Crippen molar-refractivity contribution in [2.45, 2.75) is 20.4 Å². The number of rotatable bonds is 4. The Bertz CT molecular complexity index is 890. The fourth-order valence-electron chi connectivity index (χ4n) is 2.82. The Morgan fingerprint density at radius 1 is 1.12 bits per heavy atom. The standard InChI is InChI=1S/C19H19N5/c1-14-18(13-23(3)19-16(12-20)8-7-11-21-19)15(2)24(22-14)17-9-5-4-6-10-17/h4-11H,13H2,1-3H3. The maximum Gasteiger partial charge on any atom is 0.146 e. The van der Waals surface area contributed by atoms with Gasteiger partial charge in [-0.3, -0.25) is 0 Å². The summed E-state index contributed by atoms with van der Waals surface area (Å²) in [5.41, 5.74) is 4.85. The van der Waals surface area contributed by atoms with Crippen LogP contribution in [-0.4, -0.2) is 21.8 Å². The minimum absolute atomic E-state index is 0.575. The first-order chi connectivity index (χ1) is 11.6. The molecule has 3 rings (SSSR count). The molecule has 0 fully saturated rings. The SMILES string of the molecule is Cc1nn(-c2ccccc2)c(C)c1CN(C)c1ncccc1C#N. The van der Waals surface area contributed by atoms with E-state index < -0.39 is 0 Å². The largest absolute Gasteiger partial charge is 0.354 e. The Hall–Kier alpha value is -3.13. The first kappa shape index (κ1) is 15.8. The molecular formula is C19H19N5. The molecule has 5 heteroatoms. The van der Waals surface area contributed by atoms with E-state index in [4.69, 9.17) is 0 Å². The zero-order valence-corrected chi connectivity index (χ0v) is 14.1. The highest BCUT2D eigenvalue weighted by molar-refractivity contribution is 5.53. The second kappa shape index (κ2) is 6.55. The van der Waals surface area contributed by atoms with Crippen molar-refractivity contribution in [2.24, 2.45) is 0 Å². The molecule has 0 aliphatic heterocycles. The quantitative estimate of drug-likeness (QED) is 0.740. The summed E-state index contributed by atoms with van der Waals surface area (Å²) < 4.78 is 1.96. The number of aryl methyl sites for hydroxylation is 1. The number of hydrogen-bond donors (Lipinski definition) is 0. The Morgan fingerprint density at radius 2 is 1.88 bits per heavy atom. The summed E-state index contributed by atoms with van der Waals surface area (Å²) in [5.74, 6) is 0.686. The third-order valence-corrected chi connectivity index (χ3v) is 4.11. The van der Waals surface area contributed by atoms with Gasteiger partial charge in [0.2, 0.25) is 0 Å². The summed E-state index contributed by atoms with van der Waals surface area (Å²) in [7, 11) is 1.95. The molecule has 0 aliphatic rings. The molecule has 0 saturated heterocycles. The van der Waals surface area contributed by atoms with Crippen LogP contribution in [0.25, 0.3) is 5.69 Å². The first-order valence-corrected chi connectivity index (χ1v) is 7.78. The molecule has 0 aliphatic carbocycles. The minimum Gasteiger partial charge on any atom is -0.354 e. The van der Waals surface area contributed by atoms with E-state index in [-0.39, 0.29) is 0 Å². The zero-order valence-electron chi connectivity index (χ0n) is 14.1. The van der Waals surface area contributed by atoms with Crippen LogP contribution in [0.1, 0.15) is 22.5 Å². The van der Waals surface area contributed by atoms with Crippen LogP contribution in [-0.2, 0) is 6.54 Å². The third-order valence-electron chi connectivity index (χ3n) is 4.11. The van der Waals surface area contributed by atoms with Crippen LogP contribution in [0.4, 0.5) is 5.82 Å². The van der Waals surface area contributed by atoms with Gasteiger partial charge in [-0.1, -0.05) is 18.2 Å². The second-order valence-corrected chi connectivity index (χ2v) is 5.74. The molecule has 2 aromatic heterocycles. The van der Waals surface area contributed by atoms with Crippen molar-refractivity contribution in [3.8, 4) is 11.8 Å². The lowest BCUT2D eigenvalue weighted by Gasteiger charge is -2.19. The van der Waals surface area contributed by atoms with E-state index in [0.717, 1.165) is 22.6 Å². The lowest BCUT2D eigenvalue weighted by molar-refractivity contribution is 0.830. The van der Waals surface area contributed by atoms with Crippen LogP contribution in [0.2, 0.25) is 0 Å². The molecule has 0 atom stereocenters. The van der Waals surface area contributed by atoms with Crippen molar-refractivity contribution in [1.82, 2.24) is 14.8 Å². The summed E-state index contributed by atoms with van der Waals surface area (Å²) in [4.78, 5) is 6.34. The zero-order chi connectivity index (χ0) is 17.1. The monoisotopic (exact) mass is 317 g/mol. The molecule has 24 heavy (non-hydrogen) atoms. The summed E-state index contributed by atoms with van der Waals surface area (Å²) >= 11 is 0. The molecule has 120 valence electrons. The Labute approximate surface area is 141 Å². The maximum absolute atomic E-state index is 9.26. The van der Waals surface area contributed by atoms with E-state index in [1.807, 2.05) is 53.9 Å². The van der Waals surface area contributed by atoms with Gasteiger partial charge in [-0.05, 0) is 38.1 Å². The van der Waals surface area contributed by atoms with Gasteiger partial charge in [-0.15, -0.1) is 0 Å². The van der Waals surface area contributed by atoms with E-state index >= 15 is 0 Å². The highest BCUT2D eigenvalue weighted by Crippen LogP contribution is 2.22. The number of nitriles is 1. The van der Waals surface area contributed by atoms with Crippen LogP contribution in [0, 0.1) is 25.2 Å². The van der Waals surface area contributed by atoms with Gasteiger partial charge in [0.05, 0.1) is 16.9 Å². The lowest BCUT2D eigenvalue weighted by atomic mass is 10.1. The van der Waals surface area contributed by atoms with Gasteiger partial charge in [0.1, 0.15) is 11.9 Å². The summed E-state index contributed by atoms with van der Waals surface area (Å²) in [6, 6.07) is 15.8. The van der Waals surface area contributed by atoms with Gasteiger partial charge in [-0.25, -0.2) is 9.67 Å². The molecule has 2 heterocycles. The predicted molar refractivity (Wildman–Crippen MR) is 94.1 cm³/mol. The van der Waals surface area contributed by atoms with Crippen LogP contribution in [0.15, 0.2) is 48.7 Å². The predicted octanol–water partition coefficient (Wildman–Crippen LogP) is 3.39. The van der Waals surface area contributed by atoms with Gasteiger partial charge in [-0.2, -0.15) is 10.4 Å². The van der Waals surface area contributed by atoms with Crippen molar-refractivity contribution in [1.29, 1.82) is 5.26 Å². The lowest BCUT2D eigenvalue weighted by Crippen LogP contribution is -2.19. The number of para-hydroxylation sites is 1. The van der Waals surface area contributed by atoms with Crippen LogP contribution in [0.3, 0.4) is 0 Å². The fourth-order valence-corrected chi connectivity index (χ4v) is 2.82. The average Bonchev–Trinajstić information content (AvgIpc) is 2.90. The molecule has 0 N–H and O–H groups in total. The molecular weight excluding hydrogens is 298 g/mol. The molecule has 3 aromatic rings. The normalized spacial score (nSPS) is 10.4. The van der Waals surface area contributed by atoms with Crippen molar-refractivity contribution in [2.75, 3.05) is 11.9 Å². The molecule has 0 spiro atoms. The number of aromatic nitrogens is 3. The molecule has 0 saturated carbocycles. The average molecular weight is 317 g/mol. The fraction of sp³-hybridized carbons (Fsp3) is 0.211. The molecule has 0 amide bonds. The number of anilines is 1. The minimum atomic E-state index is 0.575. The Morgan fingerprint density at radius 3 is 2.58 bits per heavy atom. The molecule has 0 unspecified atom stereocenters. The van der Waals surface area contributed by atoms with Gasteiger partial charge in [0.25, 0.3) is 0 Å². The van der Waals surface area contributed by atoms with Crippen molar-refractivity contribution < 1.29 is 0 Å². The van der Waals surface area contributed by atoms with E-state index in [1.165, 1.54) is 0 Å². The van der Waals surface area contributed by atoms with E-state index in [1.54, 1.807) is 18.3 Å². The molecule has 1 aromatic carbocycles. The van der Waals surface area contributed by atoms with E-state index in [2.05, 4.69) is 23.1 Å². The van der Waals surface area contributed by atoms with Crippen molar-refractivity contribution in [3.63, 3.8) is 0 Å². The van der Waals surface area contributed by atoms with Gasteiger partial charge in [0.15, 0.2) is 0 Å². The highest BCUT2D eigenvalue weighted by atomic mass is 15.3. The Kier molecular flexibility index (Phi) is 4.30. The Balaban J connectivity index is 1.94. The molecule has 5 nitrogen and oxygen atoms in total. The number of benzene rings is 1. The number of pyridine rings is 1. The van der Waals surface area contributed by atoms with Crippen molar-refractivity contribution in [3.05, 3.63) is 71.2 Å². The van der Waals surface area contributed by atoms with Crippen molar-refractivity contribution >= 4 is 5.82 Å². The van der Waals surface area contributed by atoms with Gasteiger partial charge < -0.3 is 4.90 Å². The maximum atomic E-state index is 9.26. The highest BCUT2D eigenvalue weighted by Gasteiger charge is 2.16.